The summed E-state index contributed by atoms with van der Waals surface area (Å²) in [6, 6.07) is 18.5. The van der Waals surface area contributed by atoms with Gasteiger partial charge in [0, 0.05) is 16.5 Å². The van der Waals surface area contributed by atoms with E-state index in [0.717, 1.165) is 9.99 Å². The van der Waals surface area contributed by atoms with Crippen LogP contribution in [0.4, 0.5) is 0 Å². The summed E-state index contributed by atoms with van der Waals surface area (Å²) in [7, 11) is -3.16. The molecule has 0 saturated carbocycles. The van der Waals surface area contributed by atoms with Crippen molar-refractivity contribution in [3.8, 4) is 5.75 Å². The van der Waals surface area contributed by atoms with Gasteiger partial charge in [0.15, 0.2) is 14.9 Å². The van der Waals surface area contributed by atoms with E-state index in [1.165, 1.54) is 17.3 Å². The third-order valence-electron chi connectivity index (χ3n) is 5.80. The first kappa shape index (κ1) is 25.4. The van der Waals surface area contributed by atoms with Gasteiger partial charge in [-0.25, -0.2) is 8.42 Å². The standard InChI is InChI=1S/C27H31NO5S2/c1-19(2)17-32-23-8-6-21(7-9-23)27(29)28(22-14-15-35(30,31)18-22)16-24-10-13-26(33-24)34-25-11-4-20(3)5-12-25/h4-13,19,22H,14-18H2,1-3H3/t22-/m0/s1. The second-order valence-electron chi connectivity index (χ2n) is 9.36. The van der Waals surface area contributed by atoms with Crippen molar-refractivity contribution in [2.24, 2.45) is 5.92 Å². The molecular weight excluding hydrogens is 482 g/mol. The molecule has 1 saturated heterocycles. The number of sulfone groups is 1. The van der Waals surface area contributed by atoms with E-state index in [4.69, 9.17) is 9.15 Å². The SMILES string of the molecule is Cc1ccc(Sc2ccc(CN(C(=O)c3ccc(OCC(C)C)cc3)[C@H]3CCS(=O)(=O)C3)o2)cc1. The molecule has 0 aliphatic carbocycles. The van der Waals surface area contributed by atoms with E-state index in [-0.39, 0.29) is 30.0 Å². The lowest BCUT2D eigenvalue weighted by Gasteiger charge is -2.27. The summed E-state index contributed by atoms with van der Waals surface area (Å²) in [4.78, 5) is 16.2. The van der Waals surface area contributed by atoms with Gasteiger partial charge >= 0.3 is 0 Å². The molecule has 6 nitrogen and oxygen atoms in total. The van der Waals surface area contributed by atoms with Crippen molar-refractivity contribution in [1.82, 2.24) is 4.90 Å². The number of nitrogens with zero attached hydrogens (tertiary/aromatic N) is 1. The first-order chi connectivity index (χ1) is 16.7. The highest BCUT2D eigenvalue weighted by Gasteiger charge is 2.35. The van der Waals surface area contributed by atoms with Crippen LogP contribution in [-0.4, -0.2) is 43.4 Å². The molecule has 4 rings (SSSR count). The van der Waals surface area contributed by atoms with E-state index >= 15 is 0 Å². The van der Waals surface area contributed by atoms with Crippen LogP contribution in [0.1, 0.15) is 41.9 Å². The molecule has 0 N–H and O–H groups in total. The predicted molar refractivity (Wildman–Crippen MR) is 138 cm³/mol. The van der Waals surface area contributed by atoms with Crippen molar-refractivity contribution in [1.29, 1.82) is 0 Å². The summed E-state index contributed by atoms with van der Waals surface area (Å²) < 4.78 is 36.1. The quantitative estimate of drug-likeness (QED) is 0.371. The number of amides is 1. The van der Waals surface area contributed by atoms with Crippen molar-refractivity contribution in [3.63, 3.8) is 0 Å². The number of benzene rings is 2. The minimum Gasteiger partial charge on any atom is -0.493 e. The number of carbonyl (C=O) groups excluding carboxylic acids is 1. The summed E-state index contributed by atoms with van der Waals surface area (Å²) in [5.41, 5.74) is 1.68. The van der Waals surface area contributed by atoms with Gasteiger partial charge < -0.3 is 14.1 Å². The lowest BCUT2D eigenvalue weighted by molar-refractivity contribution is 0.0663. The van der Waals surface area contributed by atoms with Gasteiger partial charge in [-0.15, -0.1) is 0 Å². The van der Waals surface area contributed by atoms with Crippen LogP contribution >= 0.6 is 11.8 Å². The third-order valence-corrected chi connectivity index (χ3v) is 8.48. The van der Waals surface area contributed by atoms with E-state index < -0.39 is 9.84 Å². The molecule has 2 aromatic carbocycles. The lowest BCUT2D eigenvalue weighted by Crippen LogP contribution is -2.40. The second kappa shape index (κ2) is 10.9. The molecule has 0 unspecified atom stereocenters. The highest BCUT2D eigenvalue weighted by Crippen LogP contribution is 2.31. The van der Waals surface area contributed by atoms with Gasteiger partial charge in [-0.3, -0.25) is 4.79 Å². The van der Waals surface area contributed by atoms with Crippen LogP contribution in [0.2, 0.25) is 0 Å². The number of hydrogen-bond acceptors (Lipinski definition) is 6. The normalized spacial score (nSPS) is 17.0. The van der Waals surface area contributed by atoms with Gasteiger partial charge in [-0.2, -0.15) is 0 Å². The van der Waals surface area contributed by atoms with Crippen LogP contribution in [0, 0.1) is 12.8 Å². The molecule has 1 fully saturated rings. The highest BCUT2D eigenvalue weighted by molar-refractivity contribution is 7.99. The molecule has 8 heteroatoms. The van der Waals surface area contributed by atoms with Crippen molar-refractivity contribution in [2.75, 3.05) is 18.1 Å². The molecule has 0 bridgehead atoms. The molecular formula is C27H31NO5S2. The lowest BCUT2D eigenvalue weighted by atomic mass is 10.1. The van der Waals surface area contributed by atoms with E-state index in [1.807, 2.05) is 43.3 Å². The minimum atomic E-state index is -3.16. The summed E-state index contributed by atoms with van der Waals surface area (Å²) in [6.07, 6.45) is 0.426. The average Bonchev–Trinajstić information content (AvgIpc) is 3.42. The maximum atomic E-state index is 13.5. The molecule has 35 heavy (non-hydrogen) atoms. The topological polar surface area (TPSA) is 76.8 Å². The first-order valence-electron chi connectivity index (χ1n) is 11.8. The molecule has 3 aromatic rings. The Morgan fingerprint density at radius 3 is 2.43 bits per heavy atom. The average molecular weight is 514 g/mol. The fraction of sp³-hybridized carbons (Fsp3) is 0.370. The fourth-order valence-corrected chi connectivity index (χ4v) is 6.42. The Labute approximate surface area is 211 Å². The Bertz CT molecular complexity index is 1250. The Hall–Kier alpha value is -2.71. The van der Waals surface area contributed by atoms with Gasteiger partial charge in [0.1, 0.15) is 11.5 Å². The van der Waals surface area contributed by atoms with Crippen LogP contribution in [0.15, 0.2) is 75.1 Å². The highest BCUT2D eigenvalue weighted by atomic mass is 32.2. The summed E-state index contributed by atoms with van der Waals surface area (Å²) >= 11 is 1.51. The van der Waals surface area contributed by atoms with Crippen LogP contribution in [0.25, 0.3) is 0 Å². The van der Waals surface area contributed by atoms with E-state index in [9.17, 15) is 13.2 Å². The van der Waals surface area contributed by atoms with Gasteiger partial charge in [0.2, 0.25) is 0 Å². The molecule has 0 spiro atoms. The number of ether oxygens (including phenoxy) is 1. The Balaban J connectivity index is 1.51. The number of rotatable bonds is 9. The molecule has 1 aliphatic heterocycles. The molecule has 1 aliphatic rings. The molecule has 1 atom stereocenters. The number of carbonyl (C=O) groups is 1. The van der Waals surface area contributed by atoms with Crippen LogP contribution in [-0.2, 0) is 16.4 Å². The second-order valence-corrected chi connectivity index (χ2v) is 12.7. The first-order valence-corrected chi connectivity index (χ1v) is 14.4. The zero-order chi connectivity index (χ0) is 25.0. The molecule has 0 radical (unpaired) electrons. The summed E-state index contributed by atoms with van der Waals surface area (Å²) in [6.45, 7) is 7.00. The Kier molecular flexibility index (Phi) is 7.91. The van der Waals surface area contributed by atoms with E-state index in [1.54, 1.807) is 29.2 Å². The molecule has 1 aromatic heterocycles. The number of aryl methyl sites for hydroxylation is 1. The smallest absolute Gasteiger partial charge is 0.254 e. The number of hydrogen-bond donors (Lipinski definition) is 0. The molecule has 186 valence electrons. The van der Waals surface area contributed by atoms with Crippen LogP contribution in [0.5, 0.6) is 5.75 Å². The van der Waals surface area contributed by atoms with E-state index in [2.05, 4.69) is 13.8 Å². The Morgan fingerprint density at radius 2 is 1.80 bits per heavy atom. The molecule has 1 amide bonds. The van der Waals surface area contributed by atoms with Gasteiger partial charge in [0.05, 0.1) is 24.7 Å². The van der Waals surface area contributed by atoms with Crippen LogP contribution in [0.3, 0.4) is 0 Å². The predicted octanol–water partition coefficient (Wildman–Crippen LogP) is 5.60. The van der Waals surface area contributed by atoms with Crippen LogP contribution < -0.4 is 4.74 Å². The molecule has 2 heterocycles. The fourth-order valence-electron chi connectivity index (χ4n) is 3.90. The third kappa shape index (κ3) is 6.92. The Morgan fingerprint density at radius 1 is 1.09 bits per heavy atom. The van der Waals surface area contributed by atoms with Gasteiger partial charge in [-0.05, 0) is 67.8 Å². The van der Waals surface area contributed by atoms with Crippen molar-refractivity contribution >= 4 is 27.5 Å². The zero-order valence-electron chi connectivity index (χ0n) is 20.3. The minimum absolute atomic E-state index is 0.0278. The zero-order valence-corrected chi connectivity index (χ0v) is 21.9. The number of furan rings is 1. The monoisotopic (exact) mass is 513 g/mol. The summed E-state index contributed by atoms with van der Waals surface area (Å²) in [5.74, 6) is 1.57. The maximum absolute atomic E-state index is 13.5. The van der Waals surface area contributed by atoms with E-state index in [0.29, 0.717) is 36.0 Å². The van der Waals surface area contributed by atoms with Gasteiger partial charge in [-0.1, -0.05) is 43.3 Å². The summed E-state index contributed by atoms with van der Waals surface area (Å²) in [5, 5.41) is 0.724. The van der Waals surface area contributed by atoms with Crippen molar-refractivity contribution in [3.05, 3.63) is 77.6 Å². The van der Waals surface area contributed by atoms with Crippen molar-refractivity contribution < 1.29 is 22.4 Å². The maximum Gasteiger partial charge on any atom is 0.254 e. The van der Waals surface area contributed by atoms with Gasteiger partial charge in [0.25, 0.3) is 5.91 Å². The van der Waals surface area contributed by atoms with Crippen molar-refractivity contribution in [2.45, 2.75) is 49.8 Å². The largest absolute Gasteiger partial charge is 0.493 e.